The van der Waals surface area contributed by atoms with Gasteiger partial charge < -0.3 is 0 Å². The molecule has 2 nitrogen and oxygen atoms in total. The lowest BCUT2D eigenvalue weighted by molar-refractivity contribution is 0.342. The van der Waals surface area contributed by atoms with E-state index >= 15 is 0 Å². The molecule has 1 aromatic heterocycles. The first kappa shape index (κ1) is 14.4. The number of hydrogen-bond acceptors (Lipinski definition) is 2. The van der Waals surface area contributed by atoms with Crippen LogP contribution in [0.3, 0.4) is 0 Å². The van der Waals surface area contributed by atoms with E-state index in [1.807, 2.05) is 12.3 Å². The van der Waals surface area contributed by atoms with Crippen LogP contribution >= 0.6 is 22.6 Å². The summed E-state index contributed by atoms with van der Waals surface area (Å²) in [5.41, 5.74) is 3.38. The van der Waals surface area contributed by atoms with Crippen molar-refractivity contribution in [3.05, 3.63) is 40.2 Å². The third-order valence-electron chi connectivity index (χ3n) is 2.77. The van der Waals surface area contributed by atoms with Gasteiger partial charge in [-0.1, -0.05) is 55.2 Å². The van der Waals surface area contributed by atoms with Crippen molar-refractivity contribution in [3.63, 3.8) is 0 Å². The zero-order valence-corrected chi connectivity index (χ0v) is 12.6. The summed E-state index contributed by atoms with van der Waals surface area (Å²) in [6.07, 6.45) is 3.68. The molecule has 0 amide bonds. The van der Waals surface area contributed by atoms with Gasteiger partial charge in [0.15, 0.2) is 0 Å². The first-order valence-electron chi connectivity index (χ1n) is 5.85. The van der Waals surface area contributed by atoms with Crippen molar-refractivity contribution < 1.29 is 0 Å². The highest BCUT2D eigenvalue weighted by atomic mass is 127. The average molecular weight is 342 g/mol. The number of rotatable bonds is 6. The maximum atomic E-state index is 4.47. The summed E-state index contributed by atoms with van der Waals surface area (Å²) >= 11 is 2.29. The fourth-order valence-electron chi connectivity index (χ4n) is 1.58. The minimum atomic E-state index is 0.955. The van der Waals surface area contributed by atoms with Gasteiger partial charge in [-0.25, -0.2) is 0 Å². The van der Waals surface area contributed by atoms with Crippen molar-refractivity contribution in [2.75, 3.05) is 19.6 Å². The molecule has 1 rings (SSSR count). The number of aromatic nitrogens is 1. The fourth-order valence-corrected chi connectivity index (χ4v) is 2.09. The minimum Gasteiger partial charge on any atom is -0.300 e. The predicted molar refractivity (Wildman–Crippen MR) is 84.1 cm³/mol. The second kappa shape index (κ2) is 7.61. The van der Waals surface area contributed by atoms with Gasteiger partial charge in [0.25, 0.3) is 0 Å². The zero-order valence-electron chi connectivity index (χ0n) is 10.5. The van der Waals surface area contributed by atoms with Crippen molar-refractivity contribution in [1.29, 1.82) is 0 Å². The number of hydrogen-bond donors (Lipinski definition) is 0. The molecule has 0 aliphatic carbocycles. The molecule has 3 heteroatoms. The highest BCUT2D eigenvalue weighted by Gasteiger charge is 2.07. The number of pyridine rings is 1. The van der Waals surface area contributed by atoms with Gasteiger partial charge in [0.05, 0.1) is 5.69 Å². The van der Waals surface area contributed by atoms with Gasteiger partial charge in [0.2, 0.25) is 0 Å². The summed E-state index contributed by atoms with van der Waals surface area (Å²) in [4.78, 5) is 6.85. The van der Waals surface area contributed by atoms with E-state index in [9.17, 15) is 0 Å². The molecule has 0 spiro atoms. The summed E-state index contributed by atoms with van der Waals surface area (Å²) in [5.74, 6) is 0. The highest BCUT2D eigenvalue weighted by Crippen LogP contribution is 2.16. The van der Waals surface area contributed by atoms with Crippen LogP contribution in [-0.4, -0.2) is 29.5 Å². The quantitative estimate of drug-likeness (QED) is 0.730. The Morgan fingerprint density at radius 2 is 2.12 bits per heavy atom. The molecule has 1 aromatic rings. The Kier molecular flexibility index (Phi) is 6.44. The van der Waals surface area contributed by atoms with Gasteiger partial charge in [-0.15, -0.1) is 0 Å². The van der Waals surface area contributed by atoms with E-state index in [4.69, 9.17) is 0 Å². The van der Waals surface area contributed by atoms with Crippen LogP contribution < -0.4 is 0 Å². The van der Waals surface area contributed by atoms with Crippen LogP contribution in [0.2, 0.25) is 0 Å². The third-order valence-corrected chi connectivity index (χ3v) is 3.52. The smallest absolute Gasteiger partial charge is 0.0679 e. The molecule has 0 saturated carbocycles. The second-order valence-corrected chi connectivity index (χ2v) is 4.40. The molecule has 0 atom stereocenters. The molecule has 0 unspecified atom stereocenters. The van der Waals surface area contributed by atoms with Crippen LogP contribution in [0.25, 0.3) is 11.6 Å². The van der Waals surface area contributed by atoms with Crippen LogP contribution in [0, 0.1) is 0 Å². The molecule has 0 aliphatic heterocycles. The van der Waals surface area contributed by atoms with E-state index in [1.165, 1.54) is 5.57 Å². The molecule has 1 heterocycles. The predicted octanol–water partition coefficient (Wildman–Crippen LogP) is 3.84. The Bertz CT molecular complexity index is 378. The monoisotopic (exact) mass is 342 g/mol. The largest absolute Gasteiger partial charge is 0.300 e. The van der Waals surface area contributed by atoms with E-state index in [-0.39, 0.29) is 0 Å². The lowest BCUT2D eigenvalue weighted by Gasteiger charge is -2.19. The van der Waals surface area contributed by atoms with E-state index in [1.54, 1.807) is 0 Å². The summed E-state index contributed by atoms with van der Waals surface area (Å²) in [6.45, 7) is 11.2. The Morgan fingerprint density at radius 1 is 1.41 bits per heavy atom. The zero-order chi connectivity index (χ0) is 12.7. The second-order valence-electron chi connectivity index (χ2n) is 3.78. The summed E-state index contributed by atoms with van der Waals surface area (Å²) in [6, 6.07) is 4.11. The SMILES string of the molecule is C=Cc1ccc(C(=CI)CN(CC)CC)nc1. The average Bonchev–Trinajstić information content (AvgIpc) is 2.40. The first-order valence-corrected chi connectivity index (χ1v) is 7.10. The van der Waals surface area contributed by atoms with Gasteiger partial charge in [0.1, 0.15) is 0 Å². The molecule has 0 radical (unpaired) electrons. The Morgan fingerprint density at radius 3 is 2.53 bits per heavy atom. The van der Waals surface area contributed by atoms with Crippen molar-refractivity contribution in [3.8, 4) is 0 Å². The summed E-state index contributed by atoms with van der Waals surface area (Å²) in [5, 5.41) is 0. The van der Waals surface area contributed by atoms with Crippen molar-refractivity contribution >= 4 is 34.2 Å². The van der Waals surface area contributed by atoms with Crippen molar-refractivity contribution in [2.45, 2.75) is 13.8 Å². The number of halogens is 1. The Labute approximate surface area is 118 Å². The van der Waals surface area contributed by atoms with Gasteiger partial charge in [-0.2, -0.15) is 0 Å². The lowest BCUT2D eigenvalue weighted by Crippen LogP contribution is -2.24. The molecule has 0 fully saturated rings. The molecule has 0 aromatic carbocycles. The number of likely N-dealkylation sites (N-methyl/N-ethyl adjacent to an activating group) is 1. The van der Waals surface area contributed by atoms with Crippen LogP contribution in [-0.2, 0) is 0 Å². The maximum Gasteiger partial charge on any atom is 0.0679 e. The maximum absolute atomic E-state index is 4.47. The van der Waals surface area contributed by atoms with Gasteiger partial charge in [0, 0.05) is 12.7 Å². The molecule has 0 aliphatic rings. The molecule has 0 saturated heterocycles. The van der Waals surface area contributed by atoms with E-state index in [0.717, 1.165) is 30.9 Å². The van der Waals surface area contributed by atoms with Gasteiger partial charge in [-0.3, -0.25) is 9.88 Å². The topological polar surface area (TPSA) is 16.1 Å². The molecular formula is C14H19IN2. The van der Waals surface area contributed by atoms with Gasteiger partial charge >= 0.3 is 0 Å². The molecule has 92 valence electrons. The van der Waals surface area contributed by atoms with Crippen molar-refractivity contribution in [1.82, 2.24) is 9.88 Å². The standard InChI is InChI=1S/C14H19IN2/c1-4-12-7-8-14(16-10-12)13(9-15)11-17(5-2)6-3/h4,7-10H,1,5-6,11H2,2-3H3. The van der Waals surface area contributed by atoms with Crippen molar-refractivity contribution in [2.24, 2.45) is 0 Å². The third kappa shape index (κ3) is 4.24. The Balaban J connectivity index is 2.83. The summed E-state index contributed by atoms with van der Waals surface area (Å²) < 4.78 is 2.12. The fraction of sp³-hybridized carbons (Fsp3) is 0.357. The highest BCUT2D eigenvalue weighted by molar-refractivity contribution is 14.1. The minimum absolute atomic E-state index is 0.955. The summed E-state index contributed by atoms with van der Waals surface area (Å²) in [7, 11) is 0. The molecule has 0 N–H and O–H groups in total. The first-order chi connectivity index (χ1) is 8.24. The van der Waals surface area contributed by atoms with Crippen LogP contribution in [0.1, 0.15) is 25.1 Å². The van der Waals surface area contributed by atoms with Gasteiger partial charge in [-0.05, 0) is 34.4 Å². The van der Waals surface area contributed by atoms with Crippen LogP contribution in [0.5, 0.6) is 0 Å². The van der Waals surface area contributed by atoms with Crippen LogP contribution in [0.4, 0.5) is 0 Å². The van der Waals surface area contributed by atoms with E-state index in [0.29, 0.717) is 0 Å². The molecular weight excluding hydrogens is 323 g/mol. The normalized spacial score (nSPS) is 11.9. The van der Waals surface area contributed by atoms with E-state index in [2.05, 4.69) is 69.1 Å². The Hall–Kier alpha value is -0.680. The van der Waals surface area contributed by atoms with E-state index < -0.39 is 0 Å². The number of nitrogens with zero attached hydrogens (tertiary/aromatic N) is 2. The lowest BCUT2D eigenvalue weighted by atomic mass is 10.1. The molecule has 17 heavy (non-hydrogen) atoms. The van der Waals surface area contributed by atoms with Crippen LogP contribution in [0.15, 0.2) is 29.0 Å². The molecule has 0 bridgehead atoms.